The van der Waals surface area contributed by atoms with Gasteiger partial charge in [0.2, 0.25) is 0 Å². The number of aromatic carboxylic acids is 1. The Balaban J connectivity index is 2.65. The number of aryl methyl sites for hydroxylation is 2. The second-order valence-electron chi connectivity index (χ2n) is 4.47. The van der Waals surface area contributed by atoms with Crippen LogP contribution < -0.4 is 0 Å². The Morgan fingerprint density at radius 1 is 1.00 bits per heavy atom. The Bertz CT molecular complexity index is 663. The van der Waals surface area contributed by atoms with Gasteiger partial charge in [-0.05, 0) is 48.7 Å². The minimum Gasteiger partial charge on any atom is -0.478 e. The summed E-state index contributed by atoms with van der Waals surface area (Å²) in [7, 11) is 0. The summed E-state index contributed by atoms with van der Waals surface area (Å²) in [6.45, 7) is 3.26. The quantitative estimate of drug-likeness (QED) is 0.889. The molecule has 0 saturated carbocycles. The van der Waals surface area contributed by atoms with Gasteiger partial charge in [-0.1, -0.05) is 6.07 Å². The number of halogens is 2. The summed E-state index contributed by atoms with van der Waals surface area (Å²) >= 11 is 0. The molecule has 19 heavy (non-hydrogen) atoms. The number of carboxylic acids is 1. The Morgan fingerprint density at radius 2 is 1.68 bits per heavy atom. The lowest BCUT2D eigenvalue weighted by Crippen LogP contribution is -1.98. The minimum atomic E-state index is -1.08. The Kier molecular flexibility index (Phi) is 3.34. The SMILES string of the molecule is Cc1cc(C(=O)O)cc(-c2cc(C)c(F)cc2F)c1. The van der Waals surface area contributed by atoms with Gasteiger partial charge in [0.1, 0.15) is 11.6 Å². The van der Waals surface area contributed by atoms with Crippen molar-refractivity contribution in [3.8, 4) is 11.1 Å². The van der Waals surface area contributed by atoms with Crippen LogP contribution in [0.15, 0.2) is 30.3 Å². The zero-order valence-electron chi connectivity index (χ0n) is 10.5. The van der Waals surface area contributed by atoms with Crippen LogP contribution in [0.2, 0.25) is 0 Å². The maximum Gasteiger partial charge on any atom is 0.335 e. The maximum atomic E-state index is 13.8. The van der Waals surface area contributed by atoms with Crippen LogP contribution in [0.3, 0.4) is 0 Å². The van der Waals surface area contributed by atoms with Crippen LogP contribution in [-0.4, -0.2) is 11.1 Å². The third kappa shape index (κ3) is 2.62. The highest BCUT2D eigenvalue weighted by atomic mass is 19.1. The van der Waals surface area contributed by atoms with Crippen molar-refractivity contribution in [3.05, 3.63) is 58.7 Å². The fourth-order valence-corrected chi connectivity index (χ4v) is 1.94. The number of carbonyl (C=O) groups is 1. The second kappa shape index (κ2) is 4.80. The predicted octanol–water partition coefficient (Wildman–Crippen LogP) is 3.95. The first kappa shape index (κ1) is 13.2. The molecule has 1 N–H and O–H groups in total. The van der Waals surface area contributed by atoms with E-state index >= 15 is 0 Å². The predicted molar refractivity (Wildman–Crippen MR) is 68.2 cm³/mol. The molecule has 0 aliphatic rings. The number of benzene rings is 2. The monoisotopic (exact) mass is 262 g/mol. The molecule has 0 heterocycles. The molecular weight excluding hydrogens is 250 g/mol. The summed E-state index contributed by atoms with van der Waals surface area (Å²) in [6, 6.07) is 6.74. The van der Waals surface area contributed by atoms with Crippen LogP contribution in [-0.2, 0) is 0 Å². The first-order valence-corrected chi connectivity index (χ1v) is 5.69. The maximum absolute atomic E-state index is 13.8. The van der Waals surface area contributed by atoms with Crippen molar-refractivity contribution in [2.75, 3.05) is 0 Å². The lowest BCUT2D eigenvalue weighted by Gasteiger charge is -2.08. The first-order valence-electron chi connectivity index (χ1n) is 5.69. The van der Waals surface area contributed by atoms with Crippen LogP contribution >= 0.6 is 0 Å². The van der Waals surface area contributed by atoms with E-state index in [-0.39, 0.29) is 11.1 Å². The van der Waals surface area contributed by atoms with E-state index in [1.807, 2.05) is 0 Å². The van der Waals surface area contributed by atoms with Crippen molar-refractivity contribution in [2.24, 2.45) is 0 Å². The average Bonchev–Trinajstić information content (AvgIpc) is 2.33. The average molecular weight is 262 g/mol. The molecule has 0 atom stereocenters. The van der Waals surface area contributed by atoms with E-state index in [0.29, 0.717) is 16.7 Å². The highest BCUT2D eigenvalue weighted by Gasteiger charge is 2.12. The van der Waals surface area contributed by atoms with Gasteiger partial charge in [0.25, 0.3) is 0 Å². The van der Waals surface area contributed by atoms with Crippen LogP contribution in [0, 0.1) is 25.5 Å². The van der Waals surface area contributed by atoms with E-state index in [1.165, 1.54) is 25.1 Å². The number of hydrogen-bond acceptors (Lipinski definition) is 1. The molecule has 0 fully saturated rings. The van der Waals surface area contributed by atoms with Crippen molar-refractivity contribution in [1.82, 2.24) is 0 Å². The highest BCUT2D eigenvalue weighted by molar-refractivity contribution is 5.89. The summed E-state index contributed by atoms with van der Waals surface area (Å²) in [5.41, 5.74) is 1.73. The van der Waals surface area contributed by atoms with Gasteiger partial charge in [-0.15, -0.1) is 0 Å². The molecule has 0 radical (unpaired) electrons. The van der Waals surface area contributed by atoms with E-state index in [0.717, 1.165) is 6.07 Å². The fourth-order valence-electron chi connectivity index (χ4n) is 1.94. The topological polar surface area (TPSA) is 37.3 Å². The van der Waals surface area contributed by atoms with Gasteiger partial charge in [-0.2, -0.15) is 0 Å². The van der Waals surface area contributed by atoms with Crippen LogP contribution in [0.1, 0.15) is 21.5 Å². The number of hydrogen-bond donors (Lipinski definition) is 1. The molecule has 0 spiro atoms. The van der Waals surface area contributed by atoms with Gasteiger partial charge >= 0.3 is 5.97 Å². The van der Waals surface area contributed by atoms with E-state index in [9.17, 15) is 13.6 Å². The molecular formula is C15H12F2O2. The van der Waals surface area contributed by atoms with Crippen molar-refractivity contribution in [1.29, 1.82) is 0 Å². The number of rotatable bonds is 2. The molecule has 0 unspecified atom stereocenters. The largest absolute Gasteiger partial charge is 0.478 e. The molecule has 98 valence electrons. The molecule has 0 aliphatic heterocycles. The summed E-state index contributed by atoms with van der Waals surface area (Å²) in [5, 5.41) is 8.99. The van der Waals surface area contributed by atoms with E-state index in [1.54, 1.807) is 13.0 Å². The van der Waals surface area contributed by atoms with Gasteiger partial charge < -0.3 is 5.11 Å². The minimum absolute atomic E-state index is 0.0800. The molecule has 4 heteroatoms. The smallest absolute Gasteiger partial charge is 0.335 e. The Morgan fingerprint density at radius 3 is 2.32 bits per heavy atom. The van der Waals surface area contributed by atoms with Crippen LogP contribution in [0.5, 0.6) is 0 Å². The van der Waals surface area contributed by atoms with Crippen molar-refractivity contribution < 1.29 is 18.7 Å². The highest BCUT2D eigenvalue weighted by Crippen LogP contribution is 2.27. The van der Waals surface area contributed by atoms with E-state index in [4.69, 9.17) is 5.11 Å². The number of carboxylic acid groups (broad SMARTS) is 1. The molecule has 0 amide bonds. The lowest BCUT2D eigenvalue weighted by atomic mass is 9.98. The summed E-state index contributed by atoms with van der Waals surface area (Å²) < 4.78 is 27.0. The van der Waals surface area contributed by atoms with Gasteiger partial charge in [0, 0.05) is 11.6 Å². The lowest BCUT2D eigenvalue weighted by molar-refractivity contribution is 0.0697. The van der Waals surface area contributed by atoms with Crippen LogP contribution in [0.25, 0.3) is 11.1 Å². The Hall–Kier alpha value is -2.23. The van der Waals surface area contributed by atoms with E-state index < -0.39 is 17.6 Å². The molecule has 0 saturated heterocycles. The summed E-state index contributed by atoms with van der Waals surface area (Å²) in [5.74, 6) is -2.40. The van der Waals surface area contributed by atoms with Crippen molar-refractivity contribution in [3.63, 3.8) is 0 Å². The van der Waals surface area contributed by atoms with Crippen molar-refractivity contribution >= 4 is 5.97 Å². The molecule has 2 rings (SSSR count). The normalized spacial score (nSPS) is 10.5. The standard InChI is InChI=1S/C15H12F2O2/c1-8-3-10(6-11(4-8)15(18)19)12-5-9(2)13(16)7-14(12)17/h3-7H,1-2H3,(H,18,19). The zero-order chi connectivity index (χ0) is 14.2. The van der Waals surface area contributed by atoms with Crippen molar-refractivity contribution in [2.45, 2.75) is 13.8 Å². The van der Waals surface area contributed by atoms with Gasteiger partial charge in [-0.3, -0.25) is 0 Å². The second-order valence-corrected chi connectivity index (χ2v) is 4.47. The van der Waals surface area contributed by atoms with Gasteiger partial charge in [0.05, 0.1) is 5.56 Å². The molecule has 2 nitrogen and oxygen atoms in total. The van der Waals surface area contributed by atoms with Gasteiger partial charge in [0.15, 0.2) is 0 Å². The molecule has 0 bridgehead atoms. The molecule has 0 aromatic heterocycles. The van der Waals surface area contributed by atoms with Crippen LogP contribution in [0.4, 0.5) is 8.78 Å². The summed E-state index contributed by atoms with van der Waals surface area (Å²) in [4.78, 5) is 11.0. The third-order valence-corrected chi connectivity index (χ3v) is 2.88. The molecule has 2 aromatic carbocycles. The van der Waals surface area contributed by atoms with E-state index in [2.05, 4.69) is 0 Å². The summed E-state index contributed by atoms with van der Waals surface area (Å²) in [6.07, 6.45) is 0. The zero-order valence-corrected chi connectivity index (χ0v) is 10.5. The van der Waals surface area contributed by atoms with Gasteiger partial charge in [-0.25, -0.2) is 13.6 Å². The molecule has 2 aromatic rings. The Labute approximate surface area is 109 Å². The first-order chi connectivity index (χ1) is 8.88. The fraction of sp³-hybridized carbons (Fsp3) is 0.133. The molecule has 0 aliphatic carbocycles. The third-order valence-electron chi connectivity index (χ3n) is 2.88.